The Morgan fingerprint density at radius 1 is 0.644 bits per heavy atom. The topological polar surface area (TPSA) is 108 Å². The highest BCUT2D eigenvalue weighted by molar-refractivity contribution is 7.47. The first-order valence-electron chi connectivity index (χ1n) is 17.3. The Hall–Kier alpha value is -1.99. The summed E-state index contributed by atoms with van der Waals surface area (Å²) in [5, 5.41) is 0. The number of carbonyl (C=O) groups is 2. The van der Waals surface area contributed by atoms with Crippen molar-refractivity contribution in [1.29, 1.82) is 0 Å². The molecule has 0 saturated heterocycles. The number of hydrogen-bond acceptors (Lipinski definition) is 7. The third kappa shape index (κ3) is 31.8. The van der Waals surface area contributed by atoms with Crippen molar-refractivity contribution in [3.8, 4) is 0 Å². The highest BCUT2D eigenvalue weighted by Gasteiger charge is 2.24. The standard InChI is InChI=1S/C36H63O8P/c1-4-6-8-10-12-14-15-16-17-18-19-20-21-23-25-27-29-31-36(38)44-34(33-43-45(39,40)41-3)32-42-35(37)30-28-26-24-22-13-11-9-7-5-2/h6,8,12,14,16-17,19-20,34H,4-5,7,9-11,13,15,18,21-33H2,1-3H3,(H,39,40)/b8-6-,14-12-,17-16-,20-19-. The SMILES string of the molecule is CC/C=C\C/C=C\C/C=C\C/C=C\CCCCCCC(=O)OC(COC(=O)CCCCCCCCCCC)COP(=O)(O)OC. The van der Waals surface area contributed by atoms with Crippen molar-refractivity contribution in [2.24, 2.45) is 0 Å². The van der Waals surface area contributed by atoms with E-state index in [1.165, 1.54) is 38.5 Å². The van der Waals surface area contributed by atoms with Gasteiger partial charge < -0.3 is 14.4 Å². The number of hydrogen-bond donors (Lipinski definition) is 1. The molecule has 0 spiro atoms. The molecular weight excluding hydrogens is 591 g/mol. The summed E-state index contributed by atoms with van der Waals surface area (Å²) in [5.74, 6) is -0.839. The minimum Gasteiger partial charge on any atom is -0.462 e. The zero-order chi connectivity index (χ0) is 33.3. The number of rotatable bonds is 31. The van der Waals surface area contributed by atoms with E-state index >= 15 is 0 Å². The maximum absolute atomic E-state index is 12.4. The largest absolute Gasteiger partial charge is 0.472 e. The van der Waals surface area contributed by atoms with Crippen LogP contribution in [-0.2, 0) is 32.7 Å². The molecule has 0 bridgehead atoms. The van der Waals surface area contributed by atoms with Crippen molar-refractivity contribution in [3.05, 3.63) is 48.6 Å². The minimum absolute atomic E-state index is 0.216. The molecule has 8 nitrogen and oxygen atoms in total. The highest BCUT2D eigenvalue weighted by Crippen LogP contribution is 2.42. The first-order valence-corrected chi connectivity index (χ1v) is 18.8. The van der Waals surface area contributed by atoms with Crippen molar-refractivity contribution >= 4 is 19.8 Å². The van der Waals surface area contributed by atoms with Gasteiger partial charge in [0.05, 0.1) is 6.61 Å². The molecule has 0 aliphatic rings. The number of phosphoric acid groups is 1. The van der Waals surface area contributed by atoms with E-state index in [9.17, 15) is 19.0 Å². The second kappa shape index (κ2) is 32.0. The van der Waals surface area contributed by atoms with Crippen LogP contribution in [-0.4, -0.2) is 43.3 Å². The van der Waals surface area contributed by atoms with Crippen molar-refractivity contribution < 1.29 is 37.6 Å². The van der Waals surface area contributed by atoms with Crippen LogP contribution in [0.5, 0.6) is 0 Å². The number of allylic oxidation sites excluding steroid dienone is 8. The molecule has 260 valence electrons. The van der Waals surface area contributed by atoms with E-state index in [2.05, 4.69) is 67.0 Å². The zero-order valence-electron chi connectivity index (χ0n) is 28.5. The van der Waals surface area contributed by atoms with E-state index in [4.69, 9.17) is 14.0 Å². The molecule has 0 aliphatic heterocycles. The Morgan fingerprint density at radius 3 is 1.69 bits per heavy atom. The summed E-state index contributed by atoms with van der Waals surface area (Å²) in [7, 11) is -3.21. The van der Waals surface area contributed by atoms with Gasteiger partial charge in [0.2, 0.25) is 0 Å². The summed E-state index contributed by atoms with van der Waals surface area (Å²) in [5.41, 5.74) is 0. The molecule has 2 unspecified atom stereocenters. The summed E-state index contributed by atoms with van der Waals surface area (Å²) in [6.45, 7) is 3.70. The average molecular weight is 655 g/mol. The van der Waals surface area contributed by atoms with E-state index in [1.807, 2.05) is 0 Å². The van der Waals surface area contributed by atoms with Crippen molar-refractivity contribution in [3.63, 3.8) is 0 Å². The van der Waals surface area contributed by atoms with Gasteiger partial charge in [-0.2, -0.15) is 0 Å². The van der Waals surface area contributed by atoms with Gasteiger partial charge in [0.25, 0.3) is 0 Å². The maximum atomic E-state index is 12.4. The van der Waals surface area contributed by atoms with Gasteiger partial charge in [-0.3, -0.25) is 18.6 Å². The predicted octanol–water partition coefficient (Wildman–Crippen LogP) is 10.3. The van der Waals surface area contributed by atoms with Crippen LogP contribution in [0.2, 0.25) is 0 Å². The molecule has 0 aromatic heterocycles. The molecule has 0 aliphatic carbocycles. The minimum atomic E-state index is -4.26. The van der Waals surface area contributed by atoms with Crippen LogP contribution >= 0.6 is 7.82 Å². The fourth-order valence-electron chi connectivity index (χ4n) is 4.41. The first-order chi connectivity index (χ1) is 21.8. The van der Waals surface area contributed by atoms with Gasteiger partial charge >= 0.3 is 19.8 Å². The van der Waals surface area contributed by atoms with Gasteiger partial charge in [-0.25, -0.2) is 4.57 Å². The van der Waals surface area contributed by atoms with Crippen LogP contribution in [0, 0.1) is 0 Å². The number of ether oxygens (including phenoxy) is 2. The molecule has 0 radical (unpaired) electrons. The second-order valence-corrected chi connectivity index (χ2v) is 12.8. The third-order valence-corrected chi connectivity index (χ3v) is 8.02. The first kappa shape index (κ1) is 43.0. The lowest BCUT2D eigenvalue weighted by Crippen LogP contribution is -2.29. The fraction of sp³-hybridized carbons (Fsp3) is 0.722. The van der Waals surface area contributed by atoms with Crippen LogP contribution in [0.4, 0.5) is 0 Å². The molecule has 0 saturated carbocycles. The normalized spacial score (nSPS) is 14.1. The molecule has 9 heteroatoms. The monoisotopic (exact) mass is 654 g/mol. The molecule has 0 amide bonds. The van der Waals surface area contributed by atoms with Crippen LogP contribution in [0.3, 0.4) is 0 Å². The quantitative estimate of drug-likeness (QED) is 0.0340. The Labute approximate surface area is 274 Å². The maximum Gasteiger partial charge on any atom is 0.472 e. The molecule has 0 rings (SSSR count). The van der Waals surface area contributed by atoms with E-state index in [1.54, 1.807) is 0 Å². The lowest BCUT2D eigenvalue weighted by atomic mass is 10.1. The Morgan fingerprint density at radius 2 is 1.13 bits per heavy atom. The summed E-state index contributed by atoms with van der Waals surface area (Å²) in [4.78, 5) is 34.1. The van der Waals surface area contributed by atoms with Gasteiger partial charge in [0.1, 0.15) is 6.61 Å². The summed E-state index contributed by atoms with van der Waals surface area (Å²) >= 11 is 0. The van der Waals surface area contributed by atoms with E-state index < -0.39 is 26.5 Å². The lowest BCUT2D eigenvalue weighted by molar-refractivity contribution is -0.161. The molecule has 0 fully saturated rings. The number of esters is 2. The van der Waals surface area contributed by atoms with Crippen LogP contribution < -0.4 is 0 Å². The van der Waals surface area contributed by atoms with Gasteiger partial charge in [-0.1, -0.05) is 127 Å². The number of carbonyl (C=O) groups excluding carboxylic acids is 2. The van der Waals surface area contributed by atoms with Crippen LogP contribution in [0.15, 0.2) is 48.6 Å². The lowest BCUT2D eigenvalue weighted by Gasteiger charge is -2.19. The predicted molar refractivity (Wildman–Crippen MR) is 184 cm³/mol. The van der Waals surface area contributed by atoms with Crippen LogP contribution in [0.25, 0.3) is 0 Å². The summed E-state index contributed by atoms with van der Waals surface area (Å²) in [6.07, 6.45) is 36.0. The summed E-state index contributed by atoms with van der Waals surface area (Å²) < 4.78 is 31.7. The molecule has 0 heterocycles. The number of unbranched alkanes of at least 4 members (excludes halogenated alkanes) is 12. The molecule has 2 atom stereocenters. The average Bonchev–Trinajstić information content (AvgIpc) is 3.03. The number of phosphoric ester groups is 1. The van der Waals surface area contributed by atoms with Gasteiger partial charge in [0.15, 0.2) is 6.10 Å². The molecule has 45 heavy (non-hydrogen) atoms. The Kier molecular flexibility index (Phi) is 30.6. The molecule has 0 aromatic rings. The van der Waals surface area contributed by atoms with Crippen molar-refractivity contribution in [2.45, 2.75) is 148 Å². The highest BCUT2D eigenvalue weighted by atomic mass is 31.2. The van der Waals surface area contributed by atoms with E-state index in [-0.39, 0.29) is 25.4 Å². The van der Waals surface area contributed by atoms with Gasteiger partial charge in [-0.05, 0) is 51.4 Å². The van der Waals surface area contributed by atoms with Crippen LogP contribution in [0.1, 0.15) is 142 Å². The van der Waals surface area contributed by atoms with Crippen molar-refractivity contribution in [2.75, 3.05) is 20.3 Å². The third-order valence-electron chi connectivity index (χ3n) is 7.09. The van der Waals surface area contributed by atoms with Crippen molar-refractivity contribution in [1.82, 2.24) is 0 Å². The second-order valence-electron chi connectivity index (χ2n) is 11.3. The molecule has 0 aromatic carbocycles. The molecule has 1 N–H and O–H groups in total. The smallest absolute Gasteiger partial charge is 0.462 e. The fourth-order valence-corrected chi connectivity index (χ4v) is 4.87. The Bertz CT molecular complexity index is 880. The van der Waals surface area contributed by atoms with E-state index in [0.717, 1.165) is 77.7 Å². The van der Waals surface area contributed by atoms with Gasteiger partial charge in [0, 0.05) is 20.0 Å². The van der Waals surface area contributed by atoms with E-state index in [0.29, 0.717) is 6.42 Å². The molecular formula is C36H63O8P. The zero-order valence-corrected chi connectivity index (χ0v) is 29.4. The van der Waals surface area contributed by atoms with Gasteiger partial charge in [-0.15, -0.1) is 0 Å². The Balaban J connectivity index is 4.15. The summed E-state index contributed by atoms with van der Waals surface area (Å²) in [6, 6.07) is 0.